The van der Waals surface area contributed by atoms with Crippen LogP contribution in [-0.4, -0.2) is 19.3 Å². The van der Waals surface area contributed by atoms with Crippen LogP contribution in [0.25, 0.3) is 11.0 Å². The average Bonchev–Trinajstić information content (AvgIpc) is 3.01. The highest BCUT2D eigenvalue weighted by Gasteiger charge is 2.16. The minimum absolute atomic E-state index is 0.111. The molecule has 0 fully saturated rings. The maximum absolute atomic E-state index is 6.31. The second kappa shape index (κ2) is 5.53. The Balaban J connectivity index is 2.00. The summed E-state index contributed by atoms with van der Waals surface area (Å²) in [6.45, 7) is 4.92. The molecule has 0 saturated heterocycles. The van der Waals surface area contributed by atoms with Crippen molar-refractivity contribution in [2.45, 2.75) is 32.2 Å². The largest absolute Gasteiger partial charge is 0.326 e. The van der Waals surface area contributed by atoms with Crippen LogP contribution >= 0.6 is 11.6 Å². The van der Waals surface area contributed by atoms with Crippen LogP contribution < -0.4 is 0 Å². The van der Waals surface area contributed by atoms with Crippen LogP contribution in [0.1, 0.15) is 29.4 Å². The lowest BCUT2D eigenvalue weighted by Gasteiger charge is -2.11. The van der Waals surface area contributed by atoms with Crippen molar-refractivity contribution in [2.24, 2.45) is 7.05 Å². The van der Waals surface area contributed by atoms with E-state index in [1.54, 1.807) is 0 Å². The molecule has 0 amide bonds. The molecule has 3 rings (SSSR count). The number of aryl methyl sites for hydroxylation is 4. The van der Waals surface area contributed by atoms with Gasteiger partial charge in [-0.1, -0.05) is 12.1 Å². The summed E-state index contributed by atoms with van der Waals surface area (Å²) in [5.74, 6) is 0.928. The van der Waals surface area contributed by atoms with Crippen molar-refractivity contribution in [3.05, 3.63) is 47.5 Å². The standard InChI is InChI=1S/C16H19ClN4/c1-11-5-4-6-14-15(11)21(16(18-14)12(2)17)10-8-13-7-9-20(3)19-13/h4-7,9,12H,8,10H2,1-3H3. The molecule has 2 aromatic heterocycles. The van der Waals surface area contributed by atoms with Crippen molar-refractivity contribution in [1.29, 1.82) is 0 Å². The normalized spacial score (nSPS) is 13.0. The Kier molecular flexibility index (Phi) is 3.72. The molecule has 1 unspecified atom stereocenters. The zero-order valence-corrected chi connectivity index (χ0v) is 13.3. The highest BCUT2D eigenvalue weighted by molar-refractivity contribution is 6.20. The molecule has 0 saturated carbocycles. The van der Waals surface area contributed by atoms with Crippen LogP contribution in [0.2, 0.25) is 0 Å². The second-order valence-corrected chi connectivity index (χ2v) is 6.07. The quantitative estimate of drug-likeness (QED) is 0.690. The van der Waals surface area contributed by atoms with E-state index in [1.807, 2.05) is 37.0 Å². The van der Waals surface area contributed by atoms with E-state index in [-0.39, 0.29) is 5.38 Å². The predicted octanol–water partition coefficient (Wildman–Crippen LogP) is 3.62. The van der Waals surface area contributed by atoms with Crippen LogP contribution in [0.15, 0.2) is 30.5 Å². The number of fused-ring (bicyclic) bond motifs is 1. The van der Waals surface area contributed by atoms with E-state index in [0.717, 1.165) is 30.0 Å². The summed E-state index contributed by atoms with van der Waals surface area (Å²) in [7, 11) is 1.94. The molecule has 0 aliphatic heterocycles. The van der Waals surface area contributed by atoms with Gasteiger partial charge in [-0.2, -0.15) is 5.10 Å². The number of alkyl halides is 1. The molecule has 110 valence electrons. The molecule has 21 heavy (non-hydrogen) atoms. The van der Waals surface area contributed by atoms with Gasteiger partial charge in [0.05, 0.1) is 22.1 Å². The number of nitrogens with zero attached hydrogens (tertiary/aromatic N) is 4. The first kappa shape index (κ1) is 14.1. The van der Waals surface area contributed by atoms with Crippen LogP contribution in [0.3, 0.4) is 0 Å². The number of hydrogen-bond donors (Lipinski definition) is 0. The summed E-state index contributed by atoms with van der Waals surface area (Å²) >= 11 is 6.31. The lowest BCUT2D eigenvalue weighted by molar-refractivity contribution is 0.646. The molecule has 1 aromatic carbocycles. The SMILES string of the molecule is Cc1cccc2nc(C(C)Cl)n(CCc3ccn(C)n3)c12. The summed E-state index contributed by atoms with van der Waals surface area (Å²) < 4.78 is 4.06. The van der Waals surface area contributed by atoms with Gasteiger partial charge in [0.1, 0.15) is 5.82 Å². The third kappa shape index (κ3) is 2.68. The van der Waals surface area contributed by atoms with Crippen molar-refractivity contribution in [3.63, 3.8) is 0 Å². The molecule has 0 bridgehead atoms. The minimum atomic E-state index is -0.111. The van der Waals surface area contributed by atoms with Gasteiger partial charge in [0, 0.05) is 26.2 Å². The fourth-order valence-electron chi connectivity index (χ4n) is 2.74. The first-order valence-corrected chi connectivity index (χ1v) is 7.58. The van der Waals surface area contributed by atoms with E-state index in [9.17, 15) is 0 Å². The predicted molar refractivity (Wildman–Crippen MR) is 85.7 cm³/mol. The molecule has 1 atom stereocenters. The molecule has 5 heteroatoms. The zero-order valence-electron chi connectivity index (χ0n) is 12.5. The first-order valence-electron chi connectivity index (χ1n) is 7.14. The van der Waals surface area contributed by atoms with Crippen molar-refractivity contribution in [3.8, 4) is 0 Å². The Hall–Kier alpha value is -1.81. The molecule has 3 aromatic rings. The van der Waals surface area contributed by atoms with Gasteiger partial charge in [-0.15, -0.1) is 11.6 Å². The number of aromatic nitrogens is 4. The molecular weight excluding hydrogens is 284 g/mol. The Morgan fingerprint density at radius 3 is 2.76 bits per heavy atom. The zero-order chi connectivity index (χ0) is 15.0. The number of para-hydroxylation sites is 1. The minimum Gasteiger partial charge on any atom is -0.326 e. The van der Waals surface area contributed by atoms with E-state index >= 15 is 0 Å². The number of benzene rings is 1. The second-order valence-electron chi connectivity index (χ2n) is 5.41. The number of rotatable bonds is 4. The fraction of sp³-hybridized carbons (Fsp3) is 0.375. The van der Waals surface area contributed by atoms with Crippen molar-refractivity contribution in [2.75, 3.05) is 0 Å². The van der Waals surface area contributed by atoms with E-state index in [2.05, 4.69) is 28.7 Å². The van der Waals surface area contributed by atoms with E-state index < -0.39 is 0 Å². The Labute approximate surface area is 129 Å². The van der Waals surface area contributed by atoms with Crippen LogP contribution in [-0.2, 0) is 20.0 Å². The van der Waals surface area contributed by atoms with Gasteiger partial charge in [-0.25, -0.2) is 4.98 Å². The summed E-state index contributed by atoms with van der Waals surface area (Å²) in [6, 6.07) is 8.25. The third-order valence-corrected chi connectivity index (χ3v) is 3.91. The monoisotopic (exact) mass is 302 g/mol. The van der Waals surface area contributed by atoms with Crippen LogP contribution in [0, 0.1) is 6.92 Å². The lowest BCUT2D eigenvalue weighted by Crippen LogP contribution is -2.08. The van der Waals surface area contributed by atoms with Gasteiger partial charge in [-0.3, -0.25) is 4.68 Å². The van der Waals surface area contributed by atoms with Gasteiger partial charge >= 0.3 is 0 Å². The summed E-state index contributed by atoms with van der Waals surface area (Å²) in [5.41, 5.74) is 4.50. The van der Waals surface area contributed by atoms with Gasteiger partial charge in [0.15, 0.2) is 0 Å². The van der Waals surface area contributed by atoms with Gasteiger partial charge in [-0.05, 0) is 31.5 Å². The molecule has 4 nitrogen and oxygen atoms in total. The highest BCUT2D eigenvalue weighted by atomic mass is 35.5. The fourth-order valence-corrected chi connectivity index (χ4v) is 2.90. The first-order chi connectivity index (χ1) is 10.1. The van der Waals surface area contributed by atoms with E-state index in [0.29, 0.717) is 0 Å². The Morgan fingerprint density at radius 1 is 1.29 bits per heavy atom. The Bertz CT molecular complexity index is 770. The number of halogens is 1. The Morgan fingerprint density at radius 2 is 2.10 bits per heavy atom. The topological polar surface area (TPSA) is 35.6 Å². The maximum atomic E-state index is 6.31. The summed E-state index contributed by atoms with van der Waals surface area (Å²) in [4.78, 5) is 4.70. The molecular formula is C16H19ClN4. The smallest absolute Gasteiger partial charge is 0.127 e. The van der Waals surface area contributed by atoms with Crippen LogP contribution in [0.5, 0.6) is 0 Å². The van der Waals surface area contributed by atoms with Crippen molar-refractivity contribution >= 4 is 22.6 Å². The highest BCUT2D eigenvalue weighted by Crippen LogP contribution is 2.26. The maximum Gasteiger partial charge on any atom is 0.127 e. The molecule has 0 N–H and O–H groups in total. The lowest BCUT2D eigenvalue weighted by atomic mass is 10.2. The number of imidazole rings is 1. The molecule has 0 radical (unpaired) electrons. The third-order valence-electron chi connectivity index (χ3n) is 3.71. The van der Waals surface area contributed by atoms with Crippen molar-refractivity contribution < 1.29 is 0 Å². The van der Waals surface area contributed by atoms with Crippen molar-refractivity contribution in [1.82, 2.24) is 19.3 Å². The van der Waals surface area contributed by atoms with E-state index in [1.165, 1.54) is 11.1 Å². The van der Waals surface area contributed by atoms with Gasteiger partial charge < -0.3 is 4.57 Å². The van der Waals surface area contributed by atoms with Gasteiger partial charge in [0.2, 0.25) is 0 Å². The van der Waals surface area contributed by atoms with Crippen LogP contribution in [0.4, 0.5) is 0 Å². The summed E-state index contributed by atoms with van der Waals surface area (Å²) in [5, 5.41) is 4.33. The number of hydrogen-bond acceptors (Lipinski definition) is 2. The summed E-state index contributed by atoms with van der Waals surface area (Å²) in [6.07, 6.45) is 2.84. The molecule has 0 aliphatic carbocycles. The molecule has 2 heterocycles. The van der Waals surface area contributed by atoms with E-state index in [4.69, 9.17) is 16.6 Å². The molecule has 0 spiro atoms. The van der Waals surface area contributed by atoms with Gasteiger partial charge in [0.25, 0.3) is 0 Å². The molecule has 0 aliphatic rings. The average molecular weight is 303 g/mol.